The van der Waals surface area contributed by atoms with Crippen LogP contribution in [-0.4, -0.2) is 62.1 Å². The second-order valence-corrected chi connectivity index (χ2v) is 5.22. The van der Waals surface area contributed by atoms with Gasteiger partial charge in [0.15, 0.2) is 0 Å². The molecule has 1 aromatic carbocycles. The molecule has 1 amide bonds. The molecule has 1 N–H and O–H groups in total. The Morgan fingerprint density at radius 3 is 2.71 bits per heavy atom. The first-order valence-electron chi connectivity index (χ1n) is 7.61. The van der Waals surface area contributed by atoms with Crippen LogP contribution in [0.15, 0.2) is 24.3 Å². The number of nitrogens with zero attached hydrogens (tertiary/aromatic N) is 2. The number of piperazine rings is 1. The van der Waals surface area contributed by atoms with Gasteiger partial charge in [0.2, 0.25) is 5.91 Å². The predicted molar refractivity (Wildman–Crippen MR) is 84.8 cm³/mol. The molecule has 0 spiro atoms. The molecule has 0 aliphatic carbocycles. The summed E-state index contributed by atoms with van der Waals surface area (Å²) < 4.78 is 5.18. The molecule has 1 aliphatic rings. The highest BCUT2D eigenvalue weighted by Gasteiger charge is 2.19. The van der Waals surface area contributed by atoms with Crippen molar-refractivity contribution in [3.8, 4) is 5.75 Å². The van der Waals surface area contributed by atoms with Crippen molar-refractivity contribution in [3.63, 3.8) is 0 Å². The number of benzene rings is 1. The van der Waals surface area contributed by atoms with E-state index in [-0.39, 0.29) is 5.91 Å². The summed E-state index contributed by atoms with van der Waals surface area (Å²) in [7, 11) is 1.65. The second-order valence-electron chi connectivity index (χ2n) is 5.22. The fourth-order valence-electron chi connectivity index (χ4n) is 2.52. The minimum atomic E-state index is 0.237. The van der Waals surface area contributed by atoms with E-state index < -0.39 is 0 Å². The topological polar surface area (TPSA) is 44.8 Å². The van der Waals surface area contributed by atoms with Gasteiger partial charge in [-0.25, -0.2) is 0 Å². The molecule has 1 aliphatic heterocycles. The third-order valence-electron chi connectivity index (χ3n) is 3.91. The summed E-state index contributed by atoms with van der Waals surface area (Å²) in [6.45, 7) is 7.57. The summed E-state index contributed by atoms with van der Waals surface area (Å²) in [4.78, 5) is 16.5. The Kier molecular flexibility index (Phi) is 5.87. The number of rotatable bonds is 6. The Hall–Kier alpha value is -1.75. The van der Waals surface area contributed by atoms with Gasteiger partial charge in [-0.2, -0.15) is 0 Å². The Balaban J connectivity index is 1.72. The fourth-order valence-corrected chi connectivity index (χ4v) is 2.52. The third-order valence-corrected chi connectivity index (χ3v) is 3.91. The molecule has 1 fully saturated rings. The minimum absolute atomic E-state index is 0.237. The Bertz CT molecular complexity index is 457. The van der Waals surface area contributed by atoms with Crippen LogP contribution in [0.2, 0.25) is 0 Å². The van der Waals surface area contributed by atoms with Gasteiger partial charge in [-0.3, -0.25) is 4.79 Å². The highest BCUT2D eigenvalue weighted by molar-refractivity contribution is 5.76. The van der Waals surface area contributed by atoms with Crippen LogP contribution in [0.5, 0.6) is 5.75 Å². The molecule has 1 saturated heterocycles. The highest BCUT2D eigenvalue weighted by Crippen LogP contribution is 2.16. The van der Waals surface area contributed by atoms with Crippen LogP contribution in [0.25, 0.3) is 0 Å². The molecule has 116 valence electrons. The van der Waals surface area contributed by atoms with Gasteiger partial charge in [-0.05, 0) is 18.7 Å². The number of hydrogen-bond acceptors (Lipinski definition) is 4. The lowest BCUT2D eigenvalue weighted by atomic mass is 10.2. The molecule has 21 heavy (non-hydrogen) atoms. The summed E-state index contributed by atoms with van der Waals surface area (Å²) >= 11 is 0. The number of hydrogen-bond donors (Lipinski definition) is 1. The van der Waals surface area contributed by atoms with Crippen LogP contribution >= 0.6 is 0 Å². The number of amides is 1. The van der Waals surface area contributed by atoms with E-state index in [0.717, 1.165) is 44.2 Å². The lowest BCUT2D eigenvalue weighted by molar-refractivity contribution is -0.132. The fraction of sp³-hybridized carbons (Fsp3) is 0.562. The van der Waals surface area contributed by atoms with Crippen molar-refractivity contribution in [2.45, 2.75) is 13.3 Å². The van der Waals surface area contributed by atoms with Crippen LogP contribution in [0.1, 0.15) is 13.3 Å². The summed E-state index contributed by atoms with van der Waals surface area (Å²) in [5, 5.41) is 3.27. The number of carbonyl (C=O) groups excluding carboxylic acids is 1. The van der Waals surface area contributed by atoms with E-state index >= 15 is 0 Å². The molecule has 2 rings (SSSR count). The lowest BCUT2D eigenvalue weighted by Crippen LogP contribution is -2.48. The quantitative estimate of drug-likeness (QED) is 0.866. The molecule has 0 saturated carbocycles. The summed E-state index contributed by atoms with van der Waals surface area (Å²) in [6, 6.07) is 7.76. The zero-order valence-electron chi connectivity index (χ0n) is 13.0. The SMILES string of the molecule is CCN1CCN(C(=O)CCNc2cccc(OC)c2)CC1. The molecular formula is C16H25N3O2. The molecule has 5 nitrogen and oxygen atoms in total. The van der Waals surface area contributed by atoms with Crippen molar-refractivity contribution in [2.75, 3.05) is 51.7 Å². The summed E-state index contributed by atoms with van der Waals surface area (Å²) in [6.07, 6.45) is 0.531. The van der Waals surface area contributed by atoms with Gasteiger partial charge in [0, 0.05) is 50.9 Å². The van der Waals surface area contributed by atoms with Gasteiger partial charge in [0.25, 0.3) is 0 Å². The summed E-state index contributed by atoms with van der Waals surface area (Å²) in [5.74, 6) is 1.06. The number of carbonyl (C=O) groups is 1. The Morgan fingerprint density at radius 1 is 1.29 bits per heavy atom. The minimum Gasteiger partial charge on any atom is -0.497 e. The monoisotopic (exact) mass is 291 g/mol. The van der Waals surface area contributed by atoms with Crippen LogP contribution in [0.4, 0.5) is 5.69 Å². The standard InChI is InChI=1S/C16H25N3O2/c1-3-18-9-11-19(12-10-18)16(20)7-8-17-14-5-4-6-15(13-14)21-2/h4-6,13,17H,3,7-12H2,1-2H3. The Morgan fingerprint density at radius 2 is 2.05 bits per heavy atom. The van der Waals surface area contributed by atoms with Crippen molar-refractivity contribution in [3.05, 3.63) is 24.3 Å². The summed E-state index contributed by atoms with van der Waals surface area (Å²) in [5.41, 5.74) is 0.984. The molecule has 0 atom stereocenters. The number of anilines is 1. The molecule has 0 unspecified atom stereocenters. The van der Waals surface area contributed by atoms with Crippen molar-refractivity contribution < 1.29 is 9.53 Å². The van der Waals surface area contributed by atoms with Crippen molar-refractivity contribution >= 4 is 11.6 Å². The molecule has 0 bridgehead atoms. The average Bonchev–Trinajstić information content (AvgIpc) is 2.55. The highest BCUT2D eigenvalue weighted by atomic mass is 16.5. The maximum Gasteiger partial charge on any atom is 0.224 e. The third kappa shape index (κ3) is 4.63. The van der Waals surface area contributed by atoms with Gasteiger partial charge in [0.05, 0.1) is 7.11 Å². The van der Waals surface area contributed by atoms with Crippen molar-refractivity contribution in [2.24, 2.45) is 0 Å². The smallest absolute Gasteiger partial charge is 0.224 e. The van der Waals surface area contributed by atoms with Gasteiger partial charge in [0.1, 0.15) is 5.75 Å². The van der Waals surface area contributed by atoms with Crippen molar-refractivity contribution in [1.82, 2.24) is 9.80 Å². The zero-order chi connectivity index (χ0) is 15.1. The normalized spacial score (nSPS) is 15.8. The van der Waals surface area contributed by atoms with E-state index in [0.29, 0.717) is 13.0 Å². The maximum atomic E-state index is 12.1. The molecule has 1 aromatic rings. The van der Waals surface area contributed by atoms with Crippen LogP contribution in [0.3, 0.4) is 0 Å². The first kappa shape index (κ1) is 15.6. The maximum absolute atomic E-state index is 12.1. The van der Waals surface area contributed by atoms with E-state index in [1.165, 1.54) is 0 Å². The van der Waals surface area contributed by atoms with Crippen molar-refractivity contribution in [1.29, 1.82) is 0 Å². The van der Waals surface area contributed by atoms with Gasteiger partial charge in [-0.15, -0.1) is 0 Å². The first-order chi connectivity index (χ1) is 10.2. The Labute approximate surface area is 126 Å². The molecular weight excluding hydrogens is 266 g/mol. The van der Waals surface area contributed by atoms with E-state index in [2.05, 4.69) is 17.1 Å². The van der Waals surface area contributed by atoms with E-state index in [1.54, 1.807) is 7.11 Å². The van der Waals surface area contributed by atoms with Gasteiger partial charge >= 0.3 is 0 Å². The number of methoxy groups -OCH3 is 1. The number of ether oxygens (including phenoxy) is 1. The molecule has 0 aromatic heterocycles. The van der Waals surface area contributed by atoms with E-state index in [1.807, 2.05) is 29.2 Å². The molecule has 1 heterocycles. The first-order valence-corrected chi connectivity index (χ1v) is 7.61. The van der Waals surface area contributed by atoms with Gasteiger partial charge in [-0.1, -0.05) is 13.0 Å². The van der Waals surface area contributed by atoms with Crippen LogP contribution in [-0.2, 0) is 4.79 Å². The number of likely N-dealkylation sites (N-methyl/N-ethyl adjacent to an activating group) is 1. The zero-order valence-corrected chi connectivity index (χ0v) is 13.0. The number of nitrogens with one attached hydrogen (secondary N) is 1. The molecule has 5 heteroatoms. The van der Waals surface area contributed by atoms with Crippen LogP contribution < -0.4 is 10.1 Å². The van der Waals surface area contributed by atoms with E-state index in [4.69, 9.17) is 4.74 Å². The largest absolute Gasteiger partial charge is 0.497 e. The second kappa shape index (κ2) is 7.88. The van der Waals surface area contributed by atoms with Gasteiger partial charge < -0.3 is 19.9 Å². The molecule has 0 radical (unpaired) electrons. The van der Waals surface area contributed by atoms with E-state index in [9.17, 15) is 4.79 Å². The van der Waals surface area contributed by atoms with Crippen LogP contribution in [0, 0.1) is 0 Å². The average molecular weight is 291 g/mol. The predicted octanol–water partition coefficient (Wildman–Crippen LogP) is 1.66. The lowest BCUT2D eigenvalue weighted by Gasteiger charge is -2.34.